The number of hydrogen-bond donors (Lipinski definition) is 1. The molecule has 1 heterocycles. The standard InChI is InChI=1S/C9H7F4N5O/c10-8-5(3-14)6(18-4-15-16-17-18)1-2-7(8)19-9(11,12)13/h1-2,4H,3,14H2. The molecule has 19 heavy (non-hydrogen) atoms. The lowest BCUT2D eigenvalue weighted by atomic mass is 10.1. The van der Waals surface area contributed by atoms with Crippen molar-refractivity contribution in [3.63, 3.8) is 0 Å². The van der Waals surface area contributed by atoms with Crippen LogP contribution in [0.25, 0.3) is 5.69 Å². The summed E-state index contributed by atoms with van der Waals surface area (Å²) in [7, 11) is 0. The Morgan fingerprint density at radius 2 is 2.05 bits per heavy atom. The number of nitrogens with zero attached hydrogens (tertiary/aromatic N) is 4. The molecule has 2 N–H and O–H groups in total. The minimum atomic E-state index is -4.98. The minimum Gasteiger partial charge on any atom is -0.403 e. The Labute approximate surface area is 103 Å². The van der Waals surface area contributed by atoms with Crippen LogP contribution in [0.3, 0.4) is 0 Å². The summed E-state index contributed by atoms with van der Waals surface area (Å²) in [4.78, 5) is 0. The third-order valence-corrected chi connectivity index (χ3v) is 2.21. The van der Waals surface area contributed by atoms with Gasteiger partial charge in [0.15, 0.2) is 11.6 Å². The zero-order chi connectivity index (χ0) is 14.0. The average molecular weight is 277 g/mol. The Bertz CT molecular complexity index is 569. The van der Waals surface area contributed by atoms with E-state index in [0.717, 1.165) is 17.1 Å². The first-order valence-electron chi connectivity index (χ1n) is 4.93. The van der Waals surface area contributed by atoms with E-state index >= 15 is 0 Å². The van der Waals surface area contributed by atoms with E-state index in [1.807, 2.05) is 0 Å². The van der Waals surface area contributed by atoms with Crippen molar-refractivity contribution in [1.29, 1.82) is 0 Å². The zero-order valence-corrected chi connectivity index (χ0v) is 9.23. The second-order valence-corrected chi connectivity index (χ2v) is 3.38. The second kappa shape index (κ2) is 4.80. The summed E-state index contributed by atoms with van der Waals surface area (Å²) >= 11 is 0. The van der Waals surface area contributed by atoms with E-state index in [0.29, 0.717) is 0 Å². The maximum atomic E-state index is 13.9. The molecule has 0 aliphatic heterocycles. The first-order valence-corrected chi connectivity index (χ1v) is 4.93. The molecule has 0 unspecified atom stereocenters. The summed E-state index contributed by atoms with van der Waals surface area (Å²) in [5.74, 6) is -2.16. The van der Waals surface area contributed by atoms with Crippen molar-refractivity contribution in [1.82, 2.24) is 20.2 Å². The van der Waals surface area contributed by atoms with Crippen LogP contribution in [0, 0.1) is 5.82 Å². The maximum absolute atomic E-state index is 13.9. The SMILES string of the molecule is NCc1c(-n2cnnn2)ccc(OC(F)(F)F)c1F. The zero-order valence-electron chi connectivity index (χ0n) is 9.23. The lowest BCUT2D eigenvalue weighted by Gasteiger charge is -2.13. The van der Waals surface area contributed by atoms with Gasteiger partial charge < -0.3 is 10.5 Å². The fourth-order valence-corrected chi connectivity index (χ4v) is 1.47. The molecule has 0 bridgehead atoms. The molecule has 0 saturated carbocycles. The quantitative estimate of drug-likeness (QED) is 0.852. The summed E-state index contributed by atoms with van der Waals surface area (Å²) in [6.07, 6.45) is -3.82. The highest BCUT2D eigenvalue weighted by atomic mass is 19.4. The highest BCUT2D eigenvalue weighted by Crippen LogP contribution is 2.30. The smallest absolute Gasteiger partial charge is 0.403 e. The number of aromatic nitrogens is 4. The van der Waals surface area contributed by atoms with Gasteiger partial charge in [-0.3, -0.25) is 0 Å². The second-order valence-electron chi connectivity index (χ2n) is 3.38. The average Bonchev–Trinajstić information content (AvgIpc) is 2.83. The van der Waals surface area contributed by atoms with Crippen LogP contribution < -0.4 is 10.5 Å². The van der Waals surface area contributed by atoms with Crippen molar-refractivity contribution in [3.8, 4) is 11.4 Å². The summed E-state index contributed by atoms with van der Waals surface area (Å²) in [5, 5.41) is 10.2. The van der Waals surface area contributed by atoms with Crippen LogP contribution in [-0.2, 0) is 6.54 Å². The van der Waals surface area contributed by atoms with Crippen LogP contribution in [-0.4, -0.2) is 26.6 Å². The Hall–Kier alpha value is -2.23. The molecule has 102 valence electrons. The molecule has 0 aliphatic rings. The van der Waals surface area contributed by atoms with Crippen molar-refractivity contribution in [3.05, 3.63) is 29.8 Å². The van der Waals surface area contributed by atoms with Crippen molar-refractivity contribution >= 4 is 0 Å². The molecule has 0 spiro atoms. The number of tetrazole rings is 1. The molecule has 0 atom stereocenters. The van der Waals surface area contributed by atoms with Crippen LogP contribution in [0.1, 0.15) is 5.56 Å². The summed E-state index contributed by atoms with van der Waals surface area (Å²) in [6, 6.07) is 2.02. The van der Waals surface area contributed by atoms with E-state index in [1.165, 1.54) is 6.07 Å². The summed E-state index contributed by atoms with van der Waals surface area (Å²) in [6.45, 7) is -0.337. The van der Waals surface area contributed by atoms with Gasteiger partial charge >= 0.3 is 6.36 Å². The van der Waals surface area contributed by atoms with Crippen molar-refractivity contribution in [2.45, 2.75) is 12.9 Å². The molecule has 0 saturated heterocycles. The van der Waals surface area contributed by atoms with E-state index in [1.54, 1.807) is 0 Å². The molecule has 0 radical (unpaired) electrons. The maximum Gasteiger partial charge on any atom is 0.573 e. The van der Waals surface area contributed by atoms with Gasteiger partial charge in [0.2, 0.25) is 0 Å². The van der Waals surface area contributed by atoms with Gasteiger partial charge in [-0.2, -0.15) is 0 Å². The molecular weight excluding hydrogens is 270 g/mol. The number of hydrogen-bond acceptors (Lipinski definition) is 5. The summed E-state index contributed by atoms with van der Waals surface area (Å²) < 4.78 is 54.7. The minimum absolute atomic E-state index is 0.138. The first kappa shape index (κ1) is 13.2. The molecule has 1 aromatic heterocycles. The molecule has 1 aromatic carbocycles. The van der Waals surface area contributed by atoms with Crippen molar-refractivity contribution < 1.29 is 22.3 Å². The lowest BCUT2D eigenvalue weighted by Crippen LogP contribution is -2.19. The number of ether oxygens (including phenoxy) is 1. The van der Waals surface area contributed by atoms with Crippen molar-refractivity contribution in [2.75, 3.05) is 0 Å². The fraction of sp³-hybridized carbons (Fsp3) is 0.222. The Morgan fingerprint density at radius 1 is 1.32 bits per heavy atom. The van der Waals surface area contributed by atoms with Gasteiger partial charge in [0.05, 0.1) is 5.69 Å². The molecule has 2 rings (SSSR count). The third-order valence-electron chi connectivity index (χ3n) is 2.21. The van der Waals surface area contributed by atoms with E-state index in [9.17, 15) is 17.6 Å². The molecule has 0 aliphatic carbocycles. The van der Waals surface area contributed by atoms with Gasteiger partial charge in [-0.15, -0.1) is 18.3 Å². The van der Waals surface area contributed by atoms with E-state index in [2.05, 4.69) is 20.3 Å². The van der Waals surface area contributed by atoms with Crippen LogP contribution in [0.2, 0.25) is 0 Å². The normalized spacial score (nSPS) is 11.6. The Kier molecular flexibility index (Phi) is 3.34. The topological polar surface area (TPSA) is 78.9 Å². The Morgan fingerprint density at radius 3 is 2.58 bits per heavy atom. The van der Waals surface area contributed by atoms with Crippen LogP contribution in [0.4, 0.5) is 17.6 Å². The van der Waals surface area contributed by atoms with E-state index in [4.69, 9.17) is 5.73 Å². The predicted molar refractivity (Wildman–Crippen MR) is 53.7 cm³/mol. The number of benzene rings is 1. The number of rotatable bonds is 3. The van der Waals surface area contributed by atoms with Crippen LogP contribution in [0.15, 0.2) is 18.5 Å². The monoisotopic (exact) mass is 277 g/mol. The highest BCUT2D eigenvalue weighted by molar-refractivity contribution is 5.46. The number of nitrogens with two attached hydrogens (primary N) is 1. The molecule has 0 fully saturated rings. The lowest BCUT2D eigenvalue weighted by molar-refractivity contribution is -0.275. The van der Waals surface area contributed by atoms with Crippen LogP contribution in [0.5, 0.6) is 5.75 Å². The predicted octanol–water partition coefficient (Wildman–Crippen LogP) is 1.16. The molecular formula is C9H7F4N5O. The van der Waals surface area contributed by atoms with Gasteiger partial charge in [0.25, 0.3) is 0 Å². The van der Waals surface area contributed by atoms with Gasteiger partial charge in [0.1, 0.15) is 6.33 Å². The third kappa shape index (κ3) is 2.78. The van der Waals surface area contributed by atoms with Gasteiger partial charge in [-0.1, -0.05) is 0 Å². The van der Waals surface area contributed by atoms with Gasteiger partial charge in [-0.25, -0.2) is 9.07 Å². The fourth-order valence-electron chi connectivity index (χ4n) is 1.47. The molecule has 6 nitrogen and oxygen atoms in total. The van der Waals surface area contributed by atoms with Gasteiger partial charge in [0, 0.05) is 12.1 Å². The molecule has 0 amide bonds. The molecule has 2 aromatic rings. The Balaban J connectivity index is 2.48. The van der Waals surface area contributed by atoms with E-state index in [-0.39, 0.29) is 17.8 Å². The number of halogens is 4. The van der Waals surface area contributed by atoms with Crippen molar-refractivity contribution in [2.24, 2.45) is 5.73 Å². The molecule has 10 heteroatoms. The largest absolute Gasteiger partial charge is 0.573 e. The summed E-state index contributed by atoms with van der Waals surface area (Å²) in [5.41, 5.74) is 5.28. The number of alkyl halides is 3. The van der Waals surface area contributed by atoms with E-state index < -0.39 is 17.9 Å². The van der Waals surface area contributed by atoms with Crippen LogP contribution >= 0.6 is 0 Å². The van der Waals surface area contributed by atoms with Gasteiger partial charge in [-0.05, 0) is 22.6 Å². The first-order chi connectivity index (χ1) is 8.92. The highest BCUT2D eigenvalue weighted by Gasteiger charge is 2.33.